The van der Waals surface area contributed by atoms with Crippen molar-refractivity contribution in [3.8, 4) is 0 Å². The van der Waals surface area contributed by atoms with Crippen LogP contribution in [0.5, 0.6) is 0 Å². The lowest BCUT2D eigenvalue weighted by Gasteiger charge is -2.33. The summed E-state index contributed by atoms with van der Waals surface area (Å²) < 4.78 is 4.90. The van der Waals surface area contributed by atoms with Crippen LogP contribution in [0.4, 0.5) is 4.79 Å². The maximum atomic E-state index is 11.8. The molecule has 1 aromatic rings. The fourth-order valence-electron chi connectivity index (χ4n) is 1.87. The molecule has 1 aromatic heterocycles. The van der Waals surface area contributed by atoms with E-state index in [-0.39, 0.29) is 11.7 Å². The van der Waals surface area contributed by atoms with Gasteiger partial charge in [-0.1, -0.05) is 0 Å². The fraction of sp³-hybridized carbons (Fsp3) is 0.417. The summed E-state index contributed by atoms with van der Waals surface area (Å²) in [5.74, 6) is -0.480. The molecule has 0 unspecified atom stereocenters. The second-order valence-electron chi connectivity index (χ2n) is 4.23. The Kier molecular flexibility index (Phi) is 3.84. The lowest BCUT2D eigenvalue weighted by atomic mass is 10.3. The zero-order valence-corrected chi connectivity index (χ0v) is 10.6. The number of urea groups is 1. The largest absolute Gasteiger partial charge is 0.459 e. The summed E-state index contributed by atoms with van der Waals surface area (Å²) in [6, 6.07) is 2.59. The molecule has 2 heterocycles. The maximum Gasteiger partial charge on any atom is 0.324 e. The average Bonchev–Trinajstić information content (AvgIpc) is 2.92. The number of carbonyl (C=O) groups excluding carboxylic acids is 3. The molecule has 7 nitrogen and oxygen atoms in total. The van der Waals surface area contributed by atoms with Crippen molar-refractivity contribution in [2.24, 2.45) is 0 Å². The van der Waals surface area contributed by atoms with Gasteiger partial charge in [0.2, 0.25) is 5.91 Å². The van der Waals surface area contributed by atoms with Crippen LogP contribution in [0.2, 0.25) is 0 Å². The van der Waals surface area contributed by atoms with Crippen LogP contribution in [0.3, 0.4) is 0 Å². The number of nitrogens with one attached hydrogen (secondary N) is 1. The molecule has 0 aliphatic carbocycles. The highest BCUT2D eigenvalue weighted by atomic mass is 16.3. The zero-order chi connectivity index (χ0) is 13.8. The summed E-state index contributed by atoms with van der Waals surface area (Å²) in [4.78, 5) is 37.8. The van der Waals surface area contributed by atoms with E-state index in [0.717, 1.165) is 0 Å². The topological polar surface area (TPSA) is 82.9 Å². The van der Waals surface area contributed by atoms with Gasteiger partial charge in [0.05, 0.1) is 6.26 Å². The number of furan rings is 1. The van der Waals surface area contributed by atoms with Gasteiger partial charge in [-0.15, -0.1) is 0 Å². The normalized spacial score (nSPS) is 15.2. The molecule has 7 heteroatoms. The van der Waals surface area contributed by atoms with E-state index in [1.807, 2.05) is 0 Å². The third-order valence-electron chi connectivity index (χ3n) is 2.98. The molecule has 0 atom stereocenters. The molecule has 1 N–H and O–H groups in total. The fourth-order valence-corrected chi connectivity index (χ4v) is 1.87. The van der Waals surface area contributed by atoms with E-state index in [0.29, 0.717) is 26.2 Å². The maximum absolute atomic E-state index is 11.8. The van der Waals surface area contributed by atoms with Gasteiger partial charge in [-0.25, -0.2) is 4.79 Å². The number of rotatable bonds is 1. The van der Waals surface area contributed by atoms with Crippen LogP contribution < -0.4 is 5.32 Å². The molecule has 1 saturated heterocycles. The highest BCUT2D eigenvalue weighted by Crippen LogP contribution is 2.04. The van der Waals surface area contributed by atoms with Crippen LogP contribution in [0.15, 0.2) is 22.8 Å². The molecule has 19 heavy (non-hydrogen) atoms. The zero-order valence-electron chi connectivity index (χ0n) is 10.6. The van der Waals surface area contributed by atoms with Gasteiger partial charge in [0, 0.05) is 33.1 Å². The Morgan fingerprint density at radius 2 is 1.79 bits per heavy atom. The Balaban J connectivity index is 1.85. The molecule has 0 radical (unpaired) electrons. The molecular formula is C12H15N3O4. The molecule has 2 rings (SSSR count). The van der Waals surface area contributed by atoms with Crippen molar-refractivity contribution in [3.63, 3.8) is 0 Å². The Morgan fingerprint density at radius 1 is 1.16 bits per heavy atom. The Bertz CT molecular complexity index is 475. The first-order valence-corrected chi connectivity index (χ1v) is 5.97. The molecule has 1 fully saturated rings. The van der Waals surface area contributed by atoms with E-state index in [1.165, 1.54) is 24.2 Å². The minimum atomic E-state index is -0.566. The van der Waals surface area contributed by atoms with Crippen molar-refractivity contribution in [3.05, 3.63) is 24.2 Å². The smallest absolute Gasteiger partial charge is 0.324 e. The highest BCUT2D eigenvalue weighted by molar-refractivity contribution is 6.02. The number of amides is 4. The molecule has 0 aromatic carbocycles. The second-order valence-corrected chi connectivity index (χ2v) is 4.23. The van der Waals surface area contributed by atoms with Crippen LogP contribution in [0.1, 0.15) is 17.5 Å². The molecule has 1 aliphatic rings. The van der Waals surface area contributed by atoms with Crippen LogP contribution in [0, 0.1) is 0 Å². The lowest BCUT2D eigenvalue weighted by molar-refractivity contribution is -0.130. The van der Waals surface area contributed by atoms with Crippen LogP contribution >= 0.6 is 0 Å². The first kappa shape index (κ1) is 13.1. The standard InChI is InChI=1S/C12H15N3O4/c1-9(16)14-4-6-15(7-5-14)12(18)13-11(17)10-3-2-8-19-10/h2-3,8H,4-7H2,1H3,(H,13,17,18). The molecular weight excluding hydrogens is 250 g/mol. The summed E-state index contributed by atoms with van der Waals surface area (Å²) in [7, 11) is 0. The SMILES string of the molecule is CC(=O)N1CCN(C(=O)NC(=O)c2ccco2)CC1. The van der Waals surface area contributed by atoms with Crippen LogP contribution in [-0.4, -0.2) is 53.8 Å². The van der Waals surface area contributed by atoms with Crippen molar-refractivity contribution in [1.82, 2.24) is 15.1 Å². The van der Waals surface area contributed by atoms with Gasteiger partial charge in [-0.05, 0) is 12.1 Å². The van der Waals surface area contributed by atoms with Gasteiger partial charge >= 0.3 is 6.03 Å². The summed E-state index contributed by atoms with van der Waals surface area (Å²) in [6.45, 7) is 3.29. The van der Waals surface area contributed by atoms with Gasteiger partial charge in [0.1, 0.15) is 0 Å². The number of piperazine rings is 1. The quantitative estimate of drug-likeness (QED) is 0.791. The Hall–Kier alpha value is -2.31. The molecule has 0 spiro atoms. The van der Waals surface area contributed by atoms with Crippen molar-refractivity contribution < 1.29 is 18.8 Å². The minimum absolute atomic E-state index is 0.00767. The third-order valence-corrected chi connectivity index (χ3v) is 2.98. The van der Waals surface area contributed by atoms with Gasteiger partial charge in [0.25, 0.3) is 5.91 Å². The summed E-state index contributed by atoms with van der Waals surface area (Å²) in [5.41, 5.74) is 0. The molecule has 0 bridgehead atoms. The summed E-state index contributed by atoms with van der Waals surface area (Å²) in [6.07, 6.45) is 1.37. The van der Waals surface area contributed by atoms with E-state index in [2.05, 4.69) is 5.32 Å². The van der Waals surface area contributed by atoms with E-state index < -0.39 is 11.9 Å². The van der Waals surface area contributed by atoms with E-state index in [9.17, 15) is 14.4 Å². The highest BCUT2D eigenvalue weighted by Gasteiger charge is 2.24. The van der Waals surface area contributed by atoms with E-state index in [1.54, 1.807) is 11.0 Å². The van der Waals surface area contributed by atoms with Crippen molar-refractivity contribution in [1.29, 1.82) is 0 Å². The van der Waals surface area contributed by atoms with Gasteiger partial charge in [0.15, 0.2) is 5.76 Å². The van der Waals surface area contributed by atoms with E-state index in [4.69, 9.17) is 4.42 Å². The third kappa shape index (κ3) is 3.12. The first-order valence-electron chi connectivity index (χ1n) is 5.97. The molecule has 0 saturated carbocycles. The van der Waals surface area contributed by atoms with Crippen molar-refractivity contribution in [2.75, 3.05) is 26.2 Å². The van der Waals surface area contributed by atoms with E-state index >= 15 is 0 Å². The van der Waals surface area contributed by atoms with Crippen LogP contribution in [-0.2, 0) is 4.79 Å². The predicted octanol–water partition coefficient (Wildman–Crippen LogP) is 0.293. The average molecular weight is 265 g/mol. The molecule has 4 amide bonds. The monoisotopic (exact) mass is 265 g/mol. The molecule has 1 aliphatic heterocycles. The minimum Gasteiger partial charge on any atom is -0.459 e. The van der Waals surface area contributed by atoms with Gasteiger partial charge in [-0.3, -0.25) is 14.9 Å². The predicted molar refractivity (Wildman–Crippen MR) is 65.4 cm³/mol. The van der Waals surface area contributed by atoms with Gasteiger partial charge < -0.3 is 14.2 Å². The Labute approximate surface area is 110 Å². The summed E-state index contributed by atoms with van der Waals surface area (Å²) in [5, 5.41) is 2.25. The second kappa shape index (κ2) is 5.55. The van der Waals surface area contributed by atoms with Gasteiger partial charge in [-0.2, -0.15) is 0 Å². The number of imide groups is 1. The lowest BCUT2D eigenvalue weighted by Crippen LogP contribution is -2.53. The van der Waals surface area contributed by atoms with Crippen molar-refractivity contribution in [2.45, 2.75) is 6.92 Å². The number of nitrogens with zero attached hydrogens (tertiary/aromatic N) is 2. The number of hydrogen-bond donors (Lipinski definition) is 1. The number of hydrogen-bond acceptors (Lipinski definition) is 4. The van der Waals surface area contributed by atoms with Crippen LogP contribution in [0.25, 0.3) is 0 Å². The summed E-state index contributed by atoms with van der Waals surface area (Å²) >= 11 is 0. The van der Waals surface area contributed by atoms with Crippen molar-refractivity contribution >= 4 is 17.8 Å². The molecule has 102 valence electrons. The number of carbonyl (C=O) groups is 3. The first-order chi connectivity index (χ1) is 9.08. The Morgan fingerprint density at radius 3 is 2.32 bits per heavy atom.